The first-order valence-corrected chi connectivity index (χ1v) is 4.23. The summed E-state index contributed by atoms with van der Waals surface area (Å²) in [6.07, 6.45) is 1.17. The molecule has 0 aliphatic carbocycles. The van der Waals surface area contributed by atoms with Gasteiger partial charge in [-0.1, -0.05) is 26.5 Å². The van der Waals surface area contributed by atoms with Crippen LogP contribution in [0.5, 0.6) is 0 Å². The average molecular weight is 184 g/mol. The minimum atomic E-state index is -0.558. The molecule has 0 nitrogen and oxygen atoms in total. The van der Waals surface area contributed by atoms with Gasteiger partial charge in [0.05, 0.1) is 0 Å². The largest absolute Gasteiger partial charge is 0.206 e. The molecule has 0 aliphatic heterocycles. The van der Waals surface area contributed by atoms with Crippen molar-refractivity contribution in [1.82, 2.24) is 0 Å². The van der Waals surface area contributed by atoms with E-state index in [1.807, 2.05) is 13.8 Å². The van der Waals surface area contributed by atoms with Crippen LogP contribution in [0.25, 0.3) is 6.08 Å². The van der Waals surface area contributed by atoms with Gasteiger partial charge in [0.15, 0.2) is 0 Å². The van der Waals surface area contributed by atoms with Crippen LogP contribution in [-0.4, -0.2) is 0 Å². The molecule has 0 aliphatic rings. The Morgan fingerprint density at radius 1 is 1.15 bits per heavy atom. The van der Waals surface area contributed by atoms with E-state index >= 15 is 0 Å². The van der Waals surface area contributed by atoms with Crippen molar-refractivity contribution in [1.29, 1.82) is 0 Å². The van der Waals surface area contributed by atoms with Crippen LogP contribution in [0.4, 0.5) is 8.78 Å². The molecule has 0 atom stereocenters. The van der Waals surface area contributed by atoms with Crippen LogP contribution in [0.1, 0.15) is 25.0 Å². The van der Waals surface area contributed by atoms with Crippen molar-refractivity contribution in [2.24, 2.45) is 0 Å². The number of aryl methyl sites for hydroxylation is 1. The van der Waals surface area contributed by atoms with Crippen LogP contribution >= 0.6 is 0 Å². The Balaban J connectivity index is 0.000000671. The first kappa shape index (κ1) is 11.8. The maximum Gasteiger partial charge on any atom is 0.133 e. The molecule has 0 unspecified atom stereocenters. The molecule has 0 radical (unpaired) electrons. The van der Waals surface area contributed by atoms with Gasteiger partial charge < -0.3 is 0 Å². The van der Waals surface area contributed by atoms with E-state index in [0.29, 0.717) is 5.56 Å². The van der Waals surface area contributed by atoms with E-state index < -0.39 is 11.6 Å². The van der Waals surface area contributed by atoms with Gasteiger partial charge in [-0.2, -0.15) is 0 Å². The topological polar surface area (TPSA) is 0 Å². The van der Waals surface area contributed by atoms with Crippen LogP contribution in [0.15, 0.2) is 18.7 Å². The molecule has 0 bridgehead atoms. The number of hydrogen-bond acceptors (Lipinski definition) is 0. The molecule has 0 fully saturated rings. The molecule has 72 valence electrons. The van der Waals surface area contributed by atoms with Gasteiger partial charge in [-0.3, -0.25) is 0 Å². The zero-order valence-corrected chi connectivity index (χ0v) is 8.20. The molecule has 1 aromatic rings. The summed E-state index contributed by atoms with van der Waals surface area (Å²) in [5.41, 5.74) is 0.515. The van der Waals surface area contributed by atoms with Crippen molar-refractivity contribution in [2.45, 2.75) is 20.8 Å². The predicted molar refractivity (Wildman–Crippen MR) is 52.5 cm³/mol. The molecular formula is C11H14F2. The van der Waals surface area contributed by atoms with Crippen LogP contribution in [0, 0.1) is 18.6 Å². The molecule has 2 heteroatoms. The lowest BCUT2D eigenvalue weighted by atomic mass is 10.1. The van der Waals surface area contributed by atoms with Crippen molar-refractivity contribution >= 4 is 6.08 Å². The fourth-order valence-electron chi connectivity index (χ4n) is 0.906. The molecule has 1 aromatic carbocycles. The van der Waals surface area contributed by atoms with Crippen molar-refractivity contribution in [2.75, 3.05) is 0 Å². The minimum Gasteiger partial charge on any atom is -0.206 e. The molecule has 0 spiro atoms. The lowest BCUT2D eigenvalue weighted by molar-refractivity contribution is 0.577. The Labute approximate surface area is 77.9 Å². The van der Waals surface area contributed by atoms with Crippen molar-refractivity contribution < 1.29 is 8.78 Å². The smallest absolute Gasteiger partial charge is 0.133 e. The molecular weight excluding hydrogens is 170 g/mol. The van der Waals surface area contributed by atoms with Crippen molar-refractivity contribution in [3.05, 3.63) is 41.5 Å². The van der Waals surface area contributed by atoms with Gasteiger partial charge in [0.2, 0.25) is 0 Å². The number of hydrogen-bond donors (Lipinski definition) is 0. The Kier molecular flexibility index (Phi) is 4.97. The molecule has 0 amide bonds. The zero-order chi connectivity index (χ0) is 10.4. The predicted octanol–water partition coefficient (Wildman–Crippen LogP) is 3.94. The van der Waals surface area contributed by atoms with E-state index in [2.05, 4.69) is 6.58 Å². The Hall–Kier alpha value is -1.18. The SMILES string of the molecule is C=Cc1c(F)cc(C)cc1F.CC. The van der Waals surface area contributed by atoms with E-state index in [4.69, 9.17) is 0 Å². The Morgan fingerprint density at radius 2 is 1.54 bits per heavy atom. The van der Waals surface area contributed by atoms with E-state index in [0.717, 1.165) is 0 Å². The van der Waals surface area contributed by atoms with Crippen molar-refractivity contribution in [3.63, 3.8) is 0 Å². The van der Waals surface area contributed by atoms with Gasteiger partial charge in [-0.15, -0.1) is 0 Å². The van der Waals surface area contributed by atoms with Gasteiger partial charge in [0.25, 0.3) is 0 Å². The molecule has 1 rings (SSSR count). The summed E-state index contributed by atoms with van der Waals surface area (Å²) in [7, 11) is 0. The molecule has 0 aromatic heterocycles. The van der Waals surface area contributed by atoms with Crippen LogP contribution in [-0.2, 0) is 0 Å². The van der Waals surface area contributed by atoms with Gasteiger partial charge in [-0.05, 0) is 24.6 Å². The molecule has 0 saturated carbocycles. The molecule has 13 heavy (non-hydrogen) atoms. The summed E-state index contributed by atoms with van der Waals surface area (Å²) in [6.45, 7) is 8.94. The summed E-state index contributed by atoms with van der Waals surface area (Å²) in [5.74, 6) is -1.12. The van der Waals surface area contributed by atoms with Crippen LogP contribution in [0.2, 0.25) is 0 Å². The van der Waals surface area contributed by atoms with E-state index in [9.17, 15) is 8.78 Å². The molecule has 0 N–H and O–H groups in total. The number of rotatable bonds is 1. The fraction of sp³-hybridized carbons (Fsp3) is 0.273. The first-order valence-electron chi connectivity index (χ1n) is 4.23. The summed E-state index contributed by atoms with van der Waals surface area (Å²) in [4.78, 5) is 0. The Morgan fingerprint density at radius 3 is 1.85 bits per heavy atom. The molecule has 0 heterocycles. The highest BCUT2D eigenvalue weighted by molar-refractivity contribution is 5.49. The normalized spacial score (nSPS) is 8.69. The van der Waals surface area contributed by atoms with E-state index in [-0.39, 0.29) is 5.56 Å². The van der Waals surface area contributed by atoms with Gasteiger partial charge >= 0.3 is 0 Å². The minimum absolute atomic E-state index is 0.0596. The van der Waals surface area contributed by atoms with E-state index in [1.165, 1.54) is 18.2 Å². The summed E-state index contributed by atoms with van der Waals surface area (Å²) < 4.78 is 25.6. The standard InChI is InChI=1S/C9H8F2.C2H6/c1-3-7-8(10)4-6(2)5-9(7)11;1-2/h3-5H,1H2,2H3;1-2H3. The third-order valence-electron chi connectivity index (χ3n) is 1.43. The van der Waals surface area contributed by atoms with Crippen LogP contribution in [0.3, 0.4) is 0 Å². The maximum absolute atomic E-state index is 12.8. The second-order valence-electron chi connectivity index (χ2n) is 2.35. The summed E-state index contributed by atoms with van der Waals surface area (Å²) in [5, 5.41) is 0. The average Bonchev–Trinajstić information content (AvgIpc) is 2.07. The molecule has 0 saturated heterocycles. The second-order valence-corrected chi connectivity index (χ2v) is 2.35. The van der Waals surface area contributed by atoms with E-state index in [1.54, 1.807) is 6.92 Å². The second kappa shape index (κ2) is 5.46. The zero-order valence-electron chi connectivity index (χ0n) is 8.20. The highest BCUT2D eigenvalue weighted by Gasteiger charge is 2.04. The summed E-state index contributed by atoms with van der Waals surface area (Å²) in [6, 6.07) is 2.56. The maximum atomic E-state index is 12.8. The lowest BCUT2D eigenvalue weighted by Crippen LogP contribution is -1.89. The highest BCUT2D eigenvalue weighted by atomic mass is 19.1. The Bertz CT molecular complexity index is 267. The monoisotopic (exact) mass is 184 g/mol. The van der Waals surface area contributed by atoms with Crippen molar-refractivity contribution in [3.8, 4) is 0 Å². The first-order chi connectivity index (χ1) is 6.15. The number of benzene rings is 1. The van der Waals surface area contributed by atoms with Gasteiger partial charge in [0.1, 0.15) is 11.6 Å². The number of halogens is 2. The summed E-state index contributed by atoms with van der Waals surface area (Å²) >= 11 is 0. The quantitative estimate of drug-likeness (QED) is 0.620. The third-order valence-corrected chi connectivity index (χ3v) is 1.43. The van der Waals surface area contributed by atoms with Crippen LogP contribution < -0.4 is 0 Å². The lowest BCUT2D eigenvalue weighted by Gasteiger charge is -1.99. The van der Waals surface area contributed by atoms with Gasteiger partial charge in [-0.25, -0.2) is 8.78 Å². The van der Waals surface area contributed by atoms with Gasteiger partial charge in [0, 0.05) is 5.56 Å². The highest BCUT2D eigenvalue weighted by Crippen LogP contribution is 2.15. The fourth-order valence-corrected chi connectivity index (χ4v) is 0.906. The third kappa shape index (κ3) is 2.98.